The van der Waals surface area contributed by atoms with E-state index in [1.807, 2.05) is 4.90 Å². The van der Waals surface area contributed by atoms with Gasteiger partial charge in [-0.3, -0.25) is 4.79 Å². The van der Waals surface area contributed by atoms with Gasteiger partial charge in [-0.25, -0.2) is 0 Å². The van der Waals surface area contributed by atoms with Gasteiger partial charge >= 0.3 is 0 Å². The van der Waals surface area contributed by atoms with Gasteiger partial charge in [-0.1, -0.05) is 6.42 Å². The monoisotopic (exact) mass is 228 g/mol. The maximum Gasteiger partial charge on any atom is 0.240 e. The van der Waals surface area contributed by atoms with Gasteiger partial charge in [-0.15, -0.1) is 0 Å². The summed E-state index contributed by atoms with van der Waals surface area (Å²) in [5, 5.41) is 3.30. The van der Waals surface area contributed by atoms with Crippen LogP contribution in [0.1, 0.15) is 33.1 Å². The van der Waals surface area contributed by atoms with Crippen LogP contribution < -0.4 is 5.32 Å². The summed E-state index contributed by atoms with van der Waals surface area (Å²) in [7, 11) is 1.67. The zero-order valence-corrected chi connectivity index (χ0v) is 10.7. The second-order valence-corrected chi connectivity index (χ2v) is 4.62. The van der Waals surface area contributed by atoms with Crippen molar-refractivity contribution in [1.82, 2.24) is 10.2 Å². The molecule has 0 spiro atoms. The van der Waals surface area contributed by atoms with Crippen molar-refractivity contribution in [3.63, 3.8) is 0 Å². The number of hydrogen-bond donors (Lipinski definition) is 1. The SMILES string of the molecule is COCCN(C(=O)[C@H]1CCCCN1)C(C)C. The van der Waals surface area contributed by atoms with Crippen molar-refractivity contribution >= 4 is 5.91 Å². The Morgan fingerprint density at radius 1 is 1.50 bits per heavy atom. The Morgan fingerprint density at radius 2 is 2.25 bits per heavy atom. The normalized spacial score (nSPS) is 21.1. The van der Waals surface area contributed by atoms with Crippen molar-refractivity contribution in [2.45, 2.75) is 45.2 Å². The van der Waals surface area contributed by atoms with E-state index in [-0.39, 0.29) is 18.0 Å². The number of piperidine rings is 1. The molecule has 0 aromatic carbocycles. The molecule has 4 heteroatoms. The van der Waals surface area contributed by atoms with Crippen LogP contribution in [0.5, 0.6) is 0 Å². The first kappa shape index (κ1) is 13.5. The van der Waals surface area contributed by atoms with Crippen LogP contribution >= 0.6 is 0 Å². The first-order valence-electron chi connectivity index (χ1n) is 6.19. The highest BCUT2D eigenvalue weighted by Crippen LogP contribution is 2.11. The molecular formula is C12H24N2O2. The topological polar surface area (TPSA) is 41.6 Å². The van der Waals surface area contributed by atoms with Crippen LogP contribution in [0.25, 0.3) is 0 Å². The maximum atomic E-state index is 12.3. The summed E-state index contributed by atoms with van der Waals surface area (Å²) in [6.45, 7) is 6.36. The Balaban J connectivity index is 2.51. The lowest BCUT2D eigenvalue weighted by molar-refractivity contribution is -0.136. The van der Waals surface area contributed by atoms with Crippen molar-refractivity contribution in [3.05, 3.63) is 0 Å². The quantitative estimate of drug-likeness (QED) is 0.763. The van der Waals surface area contributed by atoms with Crippen LogP contribution in [0, 0.1) is 0 Å². The summed E-state index contributed by atoms with van der Waals surface area (Å²) in [5.41, 5.74) is 0. The molecule has 1 atom stereocenters. The lowest BCUT2D eigenvalue weighted by Crippen LogP contribution is -2.51. The highest BCUT2D eigenvalue weighted by Gasteiger charge is 2.26. The van der Waals surface area contributed by atoms with E-state index < -0.39 is 0 Å². The van der Waals surface area contributed by atoms with Gasteiger partial charge in [0.05, 0.1) is 12.6 Å². The largest absolute Gasteiger partial charge is 0.383 e. The fourth-order valence-corrected chi connectivity index (χ4v) is 2.08. The predicted octanol–water partition coefficient (Wildman–Crippen LogP) is 1.01. The summed E-state index contributed by atoms with van der Waals surface area (Å²) in [5.74, 6) is 0.228. The second-order valence-electron chi connectivity index (χ2n) is 4.62. The Hall–Kier alpha value is -0.610. The van der Waals surface area contributed by atoms with E-state index in [1.165, 1.54) is 6.42 Å². The molecule has 94 valence electrons. The lowest BCUT2D eigenvalue weighted by Gasteiger charge is -2.32. The molecule has 1 fully saturated rings. The Bertz CT molecular complexity index is 213. The Kier molecular flexibility index (Phi) is 5.77. The number of methoxy groups -OCH3 is 1. The van der Waals surface area contributed by atoms with E-state index in [1.54, 1.807) is 7.11 Å². The number of nitrogens with one attached hydrogen (secondary N) is 1. The van der Waals surface area contributed by atoms with E-state index in [2.05, 4.69) is 19.2 Å². The van der Waals surface area contributed by atoms with E-state index in [4.69, 9.17) is 4.74 Å². The third-order valence-corrected chi connectivity index (χ3v) is 3.05. The molecule has 1 aliphatic rings. The zero-order valence-electron chi connectivity index (χ0n) is 10.7. The van der Waals surface area contributed by atoms with Gasteiger partial charge in [0.1, 0.15) is 0 Å². The van der Waals surface area contributed by atoms with Gasteiger partial charge in [-0.2, -0.15) is 0 Å². The molecule has 0 unspecified atom stereocenters. The number of carbonyl (C=O) groups is 1. The number of carbonyl (C=O) groups excluding carboxylic acids is 1. The summed E-state index contributed by atoms with van der Waals surface area (Å²) in [6, 6.07) is 0.263. The highest BCUT2D eigenvalue weighted by atomic mass is 16.5. The van der Waals surface area contributed by atoms with Crippen LogP contribution in [-0.4, -0.2) is 49.7 Å². The highest BCUT2D eigenvalue weighted by molar-refractivity contribution is 5.82. The van der Waals surface area contributed by atoms with Crippen molar-refractivity contribution in [2.24, 2.45) is 0 Å². The molecule has 0 bridgehead atoms. The first-order valence-corrected chi connectivity index (χ1v) is 6.19. The second kappa shape index (κ2) is 6.86. The average molecular weight is 228 g/mol. The minimum Gasteiger partial charge on any atom is -0.383 e. The van der Waals surface area contributed by atoms with Crippen molar-refractivity contribution in [2.75, 3.05) is 26.8 Å². The number of ether oxygens (including phenoxy) is 1. The predicted molar refractivity (Wildman–Crippen MR) is 64.4 cm³/mol. The number of nitrogens with zero attached hydrogens (tertiary/aromatic N) is 1. The summed E-state index contributed by atoms with van der Waals surface area (Å²) in [6.07, 6.45) is 3.30. The first-order chi connectivity index (χ1) is 7.66. The van der Waals surface area contributed by atoms with E-state index in [0.717, 1.165) is 19.4 Å². The van der Waals surface area contributed by atoms with Crippen LogP contribution in [-0.2, 0) is 9.53 Å². The van der Waals surface area contributed by atoms with Gasteiger partial charge in [0, 0.05) is 19.7 Å². The molecule has 0 radical (unpaired) electrons. The van der Waals surface area contributed by atoms with Crippen molar-refractivity contribution in [3.8, 4) is 0 Å². The average Bonchev–Trinajstić information content (AvgIpc) is 2.30. The van der Waals surface area contributed by atoms with Gasteiger partial charge in [0.25, 0.3) is 0 Å². The molecule has 1 heterocycles. The van der Waals surface area contributed by atoms with Gasteiger partial charge in [0.2, 0.25) is 5.91 Å². The van der Waals surface area contributed by atoms with Crippen molar-refractivity contribution < 1.29 is 9.53 Å². The molecule has 1 N–H and O–H groups in total. The van der Waals surface area contributed by atoms with E-state index >= 15 is 0 Å². The molecule has 0 aromatic rings. The number of hydrogen-bond acceptors (Lipinski definition) is 3. The summed E-state index contributed by atoms with van der Waals surface area (Å²) in [4.78, 5) is 14.2. The van der Waals surface area contributed by atoms with Crippen LogP contribution in [0.2, 0.25) is 0 Å². The van der Waals surface area contributed by atoms with Crippen molar-refractivity contribution in [1.29, 1.82) is 0 Å². The molecular weight excluding hydrogens is 204 g/mol. The molecule has 1 saturated heterocycles. The fraction of sp³-hybridized carbons (Fsp3) is 0.917. The molecule has 16 heavy (non-hydrogen) atoms. The smallest absolute Gasteiger partial charge is 0.240 e. The van der Waals surface area contributed by atoms with Gasteiger partial charge < -0.3 is 15.0 Å². The Morgan fingerprint density at radius 3 is 2.75 bits per heavy atom. The van der Waals surface area contributed by atoms with Crippen LogP contribution in [0.3, 0.4) is 0 Å². The third kappa shape index (κ3) is 3.76. The summed E-state index contributed by atoms with van der Waals surface area (Å²) >= 11 is 0. The minimum absolute atomic E-state index is 0.0213. The molecule has 4 nitrogen and oxygen atoms in total. The fourth-order valence-electron chi connectivity index (χ4n) is 2.08. The van der Waals surface area contributed by atoms with E-state index in [9.17, 15) is 4.79 Å². The van der Waals surface area contributed by atoms with Crippen LogP contribution in [0.15, 0.2) is 0 Å². The van der Waals surface area contributed by atoms with Gasteiger partial charge in [-0.05, 0) is 33.2 Å². The molecule has 1 amide bonds. The molecule has 0 aromatic heterocycles. The standard InChI is InChI=1S/C12H24N2O2/c1-10(2)14(8-9-16-3)12(15)11-6-4-5-7-13-11/h10-11,13H,4-9H2,1-3H3/t11-/m1/s1. The molecule has 0 saturated carbocycles. The zero-order chi connectivity index (χ0) is 12.0. The third-order valence-electron chi connectivity index (χ3n) is 3.05. The lowest BCUT2D eigenvalue weighted by atomic mass is 10.0. The minimum atomic E-state index is 0.0213. The molecule has 0 aliphatic carbocycles. The van der Waals surface area contributed by atoms with Crippen LogP contribution in [0.4, 0.5) is 0 Å². The number of amides is 1. The maximum absolute atomic E-state index is 12.3. The van der Waals surface area contributed by atoms with E-state index in [0.29, 0.717) is 13.2 Å². The Labute approximate surface area is 98.3 Å². The number of rotatable bonds is 5. The summed E-state index contributed by atoms with van der Waals surface area (Å²) < 4.78 is 5.05. The molecule has 1 rings (SSSR count). The van der Waals surface area contributed by atoms with Gasteiger partial charge in [0.15, 0.2) is 0 Å². The molecule has 1 aliphatic heterocycles.